The molecule has 0 radical (unpaired) electrons. The van der Waals surface area contributed by atoms with Gasteiger partial charge in [0.25, 0.3) is 0 Å². The summed E-state index contributed by atoms with van der Waals surface area (Å²) in [5.41, 5.74) is 3.44. The first-order chi connectivity index (χ1) is 14.0. The number of rotatable bonds is 9. The third-order valence-electron chi connectivity index (χ3n) is 4.96. The second-order valence-electron chi connectivity index (χ2n) is 8.15. The van der Waals surface area contributed by atoms with Crippen molar-refractivity contribution in [2.45, 2.75) is 52.6 Å². The second-order valence-corrected chi connectivity index (χ2v) is 8.15. The Labute approximate surface area is 197 Å². The van der Waals surface area contributed by atoms with E-state index in [4.69, 9.17) is 9.73 Å². The minimum atomic E-state index is 0. The zero-order chi connectivity index (χ0) is 20.8. The van der Waals surface area contributed by atoms with Crippen molar-refractivity contribution in [3.63, 3.8) is 0 Å². The number of pyridine rings is 1. The molecule has 1 aliphatic rings. The van der Waals surface area contributed by atoms with Crippen molar-refractivity contribution in [1.82, 2.24) is 25.0 Å². The van der Waals surface area contributed by atoms with E-state index in [2.05, 4.69) is 54.3 Å². The Hall–Kier alpha value is -1.84. The molecule has 0 saturated heterocycles. The Morgan fingerprint density at radius 1 is 1.37 bits per heavy atom. The highest BCUT2D eigenvalue weighted by Gasteiger charge is 2.22. The van der Waals surface area contributed by atoms with Crippen LogP contribution in [0.5, 0.6) is 5.88 Å². The number of hydrogen-bond acceptors (Lipinski definition) is 4. The van der Waals surface area contributed by atoms with Gasteiger partial charge in [-0.25, -0.2) is 9.98 Å². The lowest BCUT2D eigenvalue weighted by atomic mass is 10.1. The summed E-state index contributed by atoms with van der Waals surface area (Å²) >= 11 is 0. The maximum absolute atomic E-state index is 5.71. The van der Waals surface area contributed by atoms with Gasteiger partial charge in [0, 0.05) is 51.2 Å². The van der Waals surface area contributed by atoms with Crippen LogP contribution in [0, 0.1) is 5.92 Å². The molecule has 166 valence electrons. The number of guanidine groups is 1. The highest BCUT2D eigenvalue weighted by molar-refractivity contribution is 14.0. The molecule has 2 aromatic heterocycles. The molecule has 3 rings (SSSR count). The SMILES string of the molecule is CCNC(=NCc1ccc(OCC2CC2)nc1)N(C)Cc1cn(C)nc1C(C)C.I. The van der Waals surface area contributed by atoms with Crippen LogP contribution in [0.1, 0.15) is 56.4 Å². The molecule has 0 atom stereocenters. The third-order valence-corrected chi connectivity index (χ3v) is 4.96. The monoisotopic (exact) mass is 526 g/mol. The zero-order valence-corrected chi connectivity index (χ0v) is 21.1. The highest BCUT2D eigenvalue weighted by atomic mass is 127. The fourth-order valence-electron chi connectivity index (χ4n) is 3.21. The molecular weight excluding hydrogens is 491 g/mol. The first-order valence-electron chi connectivity index (χ1n) is 10.6. The lowest BCUT2D eigenvalue weighted by Crippen LogP contribution is -2.38. The van der Waals surface area contributed by atoms with Gasteiger partial charge in [0.15, 0.2) is 5.96 Å². The molecular formula is C22H35IN6O. The quantitative estimate of drug-likeness (QED) is 0.305. The molecule has 0 amide bonds. The van der Waals surface area contributed by atoms with Crippen LogP contribution < -0.4 is 10.1 Å². The number of aryl methyl sites for hydroxylation is 1. The fourth-order valence-corrected chi connectivity index (χ4v) is 3.21. The van der Waals surface area contributed by atoms with E-state index in [1.807, 2.05) is 30.1 Å². The average molecular weight is 526 g/mol. The molecule has 2 aromatic rings. The van der Waals surface area contributed by atoms with Crippen molar-refractivity contribution in [3.05, 3.63) is 41.3 Å². The third kappa shape index (κ3) is 7.14. The minimum Gasteiger partial charge on any atom is -0.477 e. The number of hydrogen-bond donors (Lipinski definition) is 1. The Morgan fingerprint density at radius 2 is 2.13 bits per heavy atom. The lowest BCUT2D eigenvalue weighted by Gasteiger charge is -2.22. The second kappa shape index (κ2) is 11.5. The summed E-state index contributed by atoms with van der Waals surface area (Å²) in [6.07, 6.45) is 6.52. The zero-order valence-electron chi connectivity index (χ0n) is 18.8. The predicted octanol–water partition coefficient (Wildman–Crippen LogP) is 3.94. The van der Waals surface area contributed by atoms with Crippen LogP contribution in [-0.4, -0.2) is 45.8 Å². The minimum absolute atomic E-state index is 0. The maximum Gasteiger partial charge on any atom is 0.213 e. The van der Waals surface area contributed by atoms with Gasteiger partial charge >= 0.3 is 0 Å². The Bertz CT molecular complexity index is 814. The van der Waals surface area contributed by atoms with Gasteiger partial charge in [-0.05, 0) is 37.2 Å². The molecule has 0 bridgehead atoms. The van der Waals surface area contributed by atoms with E-state index in [0.29, 0.717) is 18.3 Å². The standard InChI is InChI=1S/C22H34N6O.HI/c1-6-23-22(27(4)13-19-14-28(5)26-21(19)16(2)3)25-12-18-9-10-20(24-11-18)29-15-17-7-8-17;/h9-11,14,16-17H,6-8,12-13,15H2,1-5H3,(H,23,25);1H. The van der Waals surface area contributed by atoms with Crippen LogP contribution in [0.15, 0.2) is 29.5 Å². The molecule has 30 heavy (non-hydrogen) atoms. The van der Waals surface area contributed by atoms with E-state index >= 15 is 0 Å². The summed E-state index contributed by atoms with van der Waals surface area (Å²) in [4.78, 5) is 11.4. The summed E-state index contributed by atoms with van der Waals surface area (Å²) in [5, 5.41) is 7.99. The Balaban J connectivity index is 0.00000320. The molecule has 8 heteroatoms. The first kappa shape index (κ1) is 24.4. The molecule has 1 saturated carbocycles. The molecule has 1 fully saturated rings. The van der Waals surface area contributed by atoms with E-state index in [0.717, 1.165) is 42.8 Å². The van der Waals surface area contributed by atoms with Crippen LogP contribution in [0.25, 0.3) is 0 Å². The smallest absolute Gasteiger partial charge is 0.213 e. The summed E-state index contributed by atoms with van der Waals surface area (Å²) in [7, 11) is 4.03. The average Bonchev–Trinajstić information content (AvgIpc) is 3.45. The number of ether oxygens (including phenoxy) is 1. The summed E-state index contributed by atoms with van der Waals surface area (Å²) in [6, 6.07) is 3.98. The van der Waals surface area contributed by atoms with E-state index in [1.165, 1.54) is 18.4 Å². The largest absolute Gasteiger partial charge is 0.477 e. The first-order valence-corrected chi connectivity index (χ1v) is 10.6. The van der Waals surface area contributed by atoms with Gasteiger partial charge in [-0.2, -0.15) is 5.10 Å². The summed E-state index contributed by atoms with van der Waals surface area (Å²) in [5.74, 6) is 2.70. The molecule has 0 spiro atoms. The summed E-state index contributed by atoms with van der Waals surface area (Å²) in [6.45, 7) is 9.38. The van der Waals surface area contributed by atoms with Gasteiger partial charge in [-0.15, -0.1) is 24.0 Å². The van der Waals surface area contributed by atoms with E-state index in [1.54, 1.807) is 0 Å². The lowest BCUT2D eigenvalue weighted by molar-refractivity contribution is 0.288. The van der Waals surface area contributed by atoms with Gasteiger partial charge in [0.2, 0.25) is 5.88 Å². The van der Waals surface area contributed by atoms with Gasteiger partial charge in [-0.1, -0.05) is 19.9 Å². The highest BCUT2D eigenvalue weighted by Crippen LogP contribution is 2.29. The van der Waals surface area contributed by atoms with Crippen LogP contribution in [0.4, 0.5) is 0 Å². The van der Waals surface area contributed by atoms with E-state index in [-0.39, 0.29) is 24.0 Å². The number of nitrogens with zero attached hydrogens (tertiary/aromatic N) is 5. The Morgan fingerprint density at radius 3 is 2.73 bits per heavy atom. The molecule has 0 aliphatic heterocycles. The molecule has 2 heterocycles. The van der Waals surface area contributed by atoms with Crippen molar-refractivity contribution in [2.75, 3.05) is 20.2 Å². The van der Waals surface area contributed by atoms with Crippen molar-refractivity contribution in [3.8, 4) is 5.88 Å². The van der Waals surface area contributed by atoms with Crippen molar-refractivity contribution in [1.29, 1.82) is 0 Å². The topological polar surface area (TPSA) is 67.6 Å². The Kier molecular flexibility index (Phi) is 9.38. The predicted molar refractivity (Wildman–Crippen MR) is 131 cm³/mol. The molecule has 7 nitrogen and oxygen atoms in total. The fraction of sp³-hybridized carbons (Fsp3) is 0.591. The molecule has 1 aliphatic carbocycles. The van der Waals surface area contributed by atoms with Crippen LogP contribution >= 0.6 is 24.0 Å². The molecule has 0 unspecified atom stereocenters. The number of aliphatic imine (C=N–C) groups is 1. The number of nitrogens with one attached hydrogen (secondary N) is 1. The van der Waals surface area contributed by atoms with Gasteiger partial charge in [0.1, 0.15) is 0 Å². The van der Waals surface area contributed by atoms with Gasteiger partial charge < -0.3 is 15.0 Å². The van der Waals surface area contributed by atoms with Gasteiger partial charge in [-0.3, -0.25) is 4.68 Å². The number of aromatic nitrogens is 3. The number of halogens is 1. The van der Waals surface area contributed by atoms with E-state index < -0.39 is 0 Å². The maximum atomic E-state index is 5.71. The molecule has 0 aromatic carbocycles. The van der Waals surface area contributed by atoms with Gasteiger partial charge in [0.05, 0.1) is 18.8 Å². The van der Waals surface area contributed by atoms with Crippen molar-refractivity contribution >= 4 is 29.9 Å². The van der Waals surface area contributed by atoms with Crippen molar-refractivity contribution < 1.29 is 4.74 Å². The van der Waals surface area contributed by atoms with Crippen molar-refractivity contribution in [2.24, 2.45) is 18.0 Å². The van der Waals surface area contributed by atoms with Crippen LogP contribution in [-0.2, 0) is 20.1 Å². The summed E-state index contributed by atoms with van der Waals surface area (Å²) < 4.78 is 7.60. The van der Waals surface area contributed by atoms with Crippen LogP contribution in [0.2, 0.25) is 0 Å². The van der Waals surface area contributed by atoms with Crippen LogP contribution in [0.3, 0.4) is 0 Å². The molecule has 1 N–H and O–H groups in total. The normalized spacial score (nSPS) is 13.9. The van der Waals surface area contributed by atoms with E-state index in [9.17, 15) is 0 Å².